The number of anilines is 2. The van der Waals surface area contributed by atoms with Crippen LogP contribution in [-0.2, 0) is 0 Å². The molecule has 0 aliphatic heterocycles. The lowest BCUT2D eigenvalue weighted by atomic mass is 10.2. The quantitative estimate of drug-likeness (QED) is 0.621. The van der Waals surface area contributed by atoms with E-state index >= 15 is 0 Å². The molecule has 0 bridgehead atoms. The summed E-state index contributed by atoms with van der Waals surface area (Å²) in [6.07, 6.45) is 1.37. The van der Waals surface area contributed by atoms with Crippen molar-refractivity contribution >= 4 is 17.2 Å². The number of aromatic nitrogens is 1. The Hall–Kier alpha value is -2.94. The molecule has 1 heterocycles. The summed E-state index contributed by atoms with van der Waals surface area (Å²) in [5.41, 5.74) is 1.10. The number of nitrogens with zero attached hydrogens (tertiary/aromatic N) is 4. The molecule has 1 aromatic heterocycles. The van der Waals surface area contributed by atoms with E-state index < -0.39 is 4.92 Å². The van der Waals surface area contributed by atoms with Gasteiger partial charge < -0.3 is 4.90 Å². The van der Waals surface area contributed by atoms with E-state index in [0.29, 0.717) is 17.1 Å². The minimum atomic E-state index is -0.477. The summed E-state index contributed by atoms with van der Waals surface area (Å²) in [5.74, 6) is 0.414. The molecule has 0 spiro atoms. The molecule has 0 unspecified atom stereocenters. The predicted molar refractivity (Wildman–Crippen MR) is 70.1 cm³/mol. The van der Waals surface area contributed by atoms with Crippen LogP contribution in [0.2, 0.25) is 0 Å². The monoisotopic (exact) mass is 254 g/mol. The van der Waals surface area contributed by atoms with E-state index in [2.05, 4.69) is 11.1 Å². The molecule has 0 aliphatic carbocycles. The minimum absolute atomic E-state index is 0.0358. The van der Waals surface area contributed by atoms with Gasteiger partial charge in [0, 0.05) is 19.3 Å². The van der Waals surface area contributed by atoms with Crippen molar-refractivity contribution < 1.29 is 4.92 Å². The van der Waals surface area contributed by atoms with Crippen molar-refractivity contribution in [1.29, 1.82) is 5.26 Å². The number of nitro groups is 1. The molecule has 0 N–H and O–H groups in total. The van der Waals surface area contributed by atoms with Crippen LogP contribution < -0.4 is 4.90 Å². The van der Waals surface area contributed by atoms with E-state index in [1.807, 2.05) is 0 Å². The fourth-order valence-electron chi connectivity index (χ4n) is 1.69. The SMILES string of the molecule is CN(c1cc([N+](=O)[O-])ccn1)c1ccccc1C#N. The highest BCUT2D eigenvalue weighted by molar-refractivity contribution is 5.67. The first-order valence-electron chi connectivity index (χ1n) is 5.47. The van der Waals surface area contributed by atoms with Gasteiger partial charge in [-0.2, -0.15) is 5.26 Å². The zero-order chi connectivity index (χ0) is 13.8. The molecule has 0 atom stereocenters. The number of benzene rings is 1. The lowest BCUT2D eigenvalue weighted by Gasteiger charge is -2.18. The van der Waals surface area contributed by atoms with Gasteiger partial charge >= 0.3 is 0 Å². The van der Waals surface area contributed by atoms with Crippen LogP contribution in [0.3, 0.4) is 0 Å². The number of nitriles is 1. The topological polar surface area (TPSA) is 83.1 Å². The zero-order valence-electron chi connectivity index (χ0n) is 10.1. The summed E-state index contributed by atoms with van der Waals surface area (Å²) in [6.45, 7) is 0. The standard InChI is InChI=1S/C13H10N4O2/c1-16(12-5-3-2-4-10(12)9-14)13-8-11(17(18)19)6-7-15-13/h2-8H,1H3. The fourth-order valence-corrected chi connectivity index (χ4v) is 1.69. The molecule has 6 nitrogen and oxygen atoms in total. The molecule has 94 valence electrons. The number of para-hydroxylation sites is 1. The van der Waals surface area contributed by atoms with Gasteiger partial charge in [0.15, 0.2) is 0 Å². The fraction of sp³-hybridized carbons (Fsp3) is 0.0769. The number of pyridine rings is 1. The molecule has 0 aliphatic rings. The molecule has 19 heavy (non-hydrogen) atoms. The van der Waals surface area contributed by atoms with Crippen molar-refractivity contribution in [3.05, 3.63) is 58.3 Å². The molecule has 6 heteroatoms. The van der Waals surface area contributed by atoms with Crippen LogP contribution in [0.1, 0.15) is 5.56 Å². The van der Waals surface area contributed by atoms with Crippen molar-refractivity contribution in [3.63, 3.8) is 0 Å². The third kappa shape index (κ3) is 2.50. The van der Waals surface area contributed by atoms with E-state index in [0.717, 1.165) is 0 Å². The van der Waals surface area contributed by atoms with E-state index in [1.165, 1.54) is 18.3 Å². The first-order valence-corrected chi connectivity index (χ1v) is 5.47. The number of hydrogen-bond acceptors (Lipinski definition) is 5. The largest absolute Gasteiger partial charge is 0.328 e. The highest BCUT2D eigenvalue weighted by Gasteiger charge is 2.13. The highest BCUT2D eigenvalue weighted by atomic mass is 16.6. The Morgan fingerprint density at radius 3 is 2.79 bits per heavy atom. The summed E-state index contributed by atoms with van der Waals surface area (Å²) in [4.78, 5) is 16.0. The molecule has 2 rings (SSSR count). The third-order valence-corrected chi connectivity index (χ3v) is 2.67. The number of rotatable bonds is 3. The molecule has 0 saturated heterocycles. The van der Waals surface area contributed by atoms with Gasteiger partial charge in [0.05, 0.1) is 22.2 Å². The Bertz CT molecular complexity index is 664. The summed E-state index contributed by atoms with van der Waals surface area (Å²) in [6, 6.07) is 11.8. The average Bonchev–Trinajstić information content (AvgIpc) is 2.46. The van der Waals surface area contributed by atoms with Gasteiger partial charge in [0.1, 0.15) is 11.9 Å². The first-order chi connectivity index (χ1) is 9.13. The van der Waals surface area contributed by atoms with Crippen LogP contribution in [0.15, 0.2) is 42.6 Å². The van der Waals surface area contributed by atoms with E-state index in [4.69, 9.17) is 5.26 Å². The van der Waals surface area contributed by atoms with E-state index in [9.17, 15) is 10.1 Å². The second kappa shape index (κ2) is 5.14. The van der Waals surface area contributed by atoms with Crippen molar-refractivity contribution in [2.75, 3.05) is 11.9 Å². The summed E-state index contributed by atoms with van der Waals surface area (Å²) >= 11 is 0. The Morgan fingerprint density at radius 1 is 1.37 bits per heavy atom. The zero-order valence-corrected chi connectivity index (χ0v) is 10.1. The molecule has 0 radical (unpaired) electrons. The van der Waals surface area contributed by atoms with Crippen molar-refractivity contribution in [3.8, 4) is 6.07 Å². The Kier molecular flexibility index (Phi) is 3.39. The second-order valence-electron chi connectivity index (χ2n) is 3.82. The molecular weight excluding hydrogens is 244 g/mol. The van der Waals surface area contributed by atoms with Crippen molar-refractivity contribution in [2.24, 2.45) is 0 Å². The van der Waals surface area contributed by atoms with Crippen molar-refractivity contribution in [2.45, 2.75) is 0 Å². The van der Waals surface area contributed by atoms with Gasteiger partial charge in [-0.05, 0) is 12.1 Å². The molecule has 0 fully saturated rings. The predicted octanol–water partition coefficient (Wildman–Crippen LogP) is 2.63. The van der Waals surface area contributed by atoms with E-state index in [-0.39, 0.29) is 5.69 Å². The third-order valence-electron chi connectivity index (χ3n) is 2.67. The summed E-state index contributed by atoms with van der Waals surface area (Å²) in [7, 11) is 1.71. The van der Waals surface area contributed by atoms with Gasteiger partial charge in [-0.1, -0.05) is 12.1 Å². The summed E-state index contributed by atoms with van der Waals surface area (Å²) < 4.78 is 0. The normalized spacial score (nSPS) is 9.68. The van der Waals surface area contributed by atoms with Crippen LogP contribution >= 0.6 is 0 Å². The molecule has 0 saturated carbocycles. The first kappa shape index (κ1) is 12.5. The Labute approximate surface area is 109 Å². The van der Waals surface area contributed by atoms with E-state index in [1.54, 1.807) is 36.2 Å². The summed E-state index contributed by atoms with van der Waals surface area (Å²) in [5, 5.41) is 19.8. The average molecular weight is 254 g/mol. The molecule has 2 aromatic rings. The molecule has 0 amide bonds. The van der Waals surface area contributed by atoms with Crippen LogP contribution in [-0.4, -0.2) is 17.0 Å². The van der Waals surface area contributed by atoms with Gasteiger partial charge in [-0.15, -0.1) is 0 Å². The van der Waals surface area contributed by atoms with Gasteiger partial charge in [-0.25, -0.2) is 4.98 Å². The van der Waals surface area contributed by atoms with Crippen LogP contribution in [0.5, 0.6) is 0 Å². The Balaban J connectivity index is 2.44. The van der Waals surface area contributed by atoms with Gasteiger partial charge in [-0.3, -0.25) is 10.1 Å². The van der Waals surface area contributed by atoms with Gasteiger partial charge in [0.2, 0.25) is 0 Å². The van der Waals surface area contributed by atoms with Crippen LogP contribution in [0.4, 0.5) is 17.2 Å². The Morgan fingerprint density at radius 2 is 2.11 bits per heavy atom. The maximum atomic E-state index is 10.7. The van der Waals surface area contributed by atoms with Crippen LogP contribution in [0.25, 0.3) is 0 Å². The molecule has 1 aromatic carbocycles. The number of hydrogen-bond donors (Lipinski definition) is 0. The lowest BCUT2D eigenvalue weighted by Crippen LogP contribution is -2.12. The maximum absolute atomic E-state index is 10.7. The maximum Gasteiger partial charge on any atom is 0.274 e. The smallest absolute Gasteiger partial charge is 0.274 e. The lowest BCUT2D eigenvalue weighted by molar-refractivity contribution is -0.384. The van der Waals surface area contributed by atoms with Crippen molar-refractivity contribution in [1.82, 2.24) is 4.98 Å². The van der Waals surface area contributed by atoms with Crippen LogP contribution in [0, 0.1) is 21.4 Å². The van der Waals surface area contributed by atoms with Gasteiger partial charge in [0.25, 0.3) is 5.69 Å². The minimum Gasteiger partial charge on any atom is -0.328 e. The second-order valence-corrected chi connectivity index (χ2v) is 3.82. The molecular formula is C13H10N4O2. The highest BCUT2D eigenvalue weighted by Crippen LogP contribution is 2.26.